The fourth-order valence-corrected chi connectivity index (χ4v) is 1.68. The van der Waals surface area contributed by atoms with E-state index in [0.29, 0.717) is 4.91 Å². The second-order valence-electron chi connectivity index (χ2n) is 2.50. The molecule has 0 aromatic heterocycles. The Labute approximate surface area is 114 Å². The molecule has 81 valence electrons. The average molecular weight is 402 g/mol. The fourth-order valence-electron chi connectivity index (χ4n) is 0.999. The van der Waals surface area contributed by atoms with Crippen LogP contribution < -0.4 is 5.32 Å². The quantitative estimate of drug-likeness (QED) is 0.412. The molecule has 2 aliphatic heterocycles. The van der Waals surface area contributed by atoms with Crippen LogP contribution in [0.2, 0.25) is 0 Å². The summed E-state index contributed by atoms with van der Waals surface area (Å²) in [5.74, 6) is 2.54. The van der Waals surface area contributed by atoms with E-state index in [1.54, 1.807) is 26.4 Å². The molecule has 0 aliphatic carbocycles. The van der Waals surface area contributed by atoms with Crippen LogP contribution in [0.3, 0.4) is 0 Å². The summed E-state index contributed by atoms with van der Waals surface area (Å²) in [6.45, 7) is 5.00. The van der Waals surface area contributed by atoms with Crippen LogP contribution in [0.15, 0.2) is 28.6 Å². The Bertz CT molecular complexity index is 377. The van der Waals surface area contributed by atoms with E-state index in [2.05, 4.69) is 18.2 Å². The number of imide groups is 1. The van der Waals surface area contributed by atoms with Gasteiger partial charge >= 0.3 is 21.1 Å². The van der Waals surface area contributed by atoms with Crippen LogP contribution in [-0.4, -0.2) is 18.4 Å². The summed E-state index contributed by atoms with van der Waals surface area (Å²) in [6, 6.07) is 0. The van der Waals surface area contributed by atoms with E-state index in [1.807, 2.05) is 6.08 Å². The molecule has 3 nitrogen and oxygen atoms in total. The molecular weight excluding hydrogens is 393 g/mol. The number of carbonyl (C=O) groups excluding carboxylic acids is 2. The summed E-state index contributed by atoms with van der Waals surface area (Å²) in [5.41, 5.74) is 0.882. The number of hydrogen-bond donors (Lipinski definition) is 1. The van der Waals surface area contributed by atoms with Gasteiger partial charge in [-0.15, -0.1) is 0 Å². The van der Waals surface area contributed by atoms with Crippen molar-refractivity contribution in [1.29, 1.82) is 0 Å². The topological polar surface area (TPSA) is 46.2 Å². The van der Waals surface area contributed by atoms with E-state index in [1.165, 1.54) is 0 Å². The van der Waals surface area contributed by atoms with Crippen molar-refractivity contribution in [3.63, 3.8) is 0 Å². The summed E-state index contributed by atoms with van der Waals surface area (Å²) in [4.78, 5) is 22.3. The molecule has 0 aromatic carbocycles. The van der Waals surface area contributed by atoms with Gasteiger partial charge < -0.3 is 12.9 Å². The van der Waals surface area contributed by atoms with Crippen LogP contribution in [0.5, 0.6) is 0 Å². The molecule has 0 aromatic rings. The van der Waals surface area contributed by atoms with E-state index in [0.717, 1.165) is 17.2 Å². The van der Waals surface area contributed by atoms with Crippen molar-refractivity contribution in [2.75, 3.05) is 0 Å². The molecule has 2 amide bonds. The maximum Gasteiger partial charge on any atom is 2.00 e. The van der Waals surface area contributed by atoms with Gasteiger partial charge in [0, 0.05) is 7.28 Å². The fraction of sp³-hybridized carbons (Fsp3) is 0.100. The van der Waals surface area contributed by atoms with Crippen LogP contribution in [-0.2, 0) is 25.9 Å². The van der Waals surface area contributed by atoms with Crippen molar-refractivity contribution in [3.05, 3.63) is 41.5 Å². The van der Waals surface area contributed by atoms with E-state index < -0.39 is 0 Å². The van der Waals surface area contributed by atoms with E-state index in [9.17, 15) is 9.59 Å². The van der Waals surface area contributed by atoms with Gasteiger partial charge in [-0.25, -0.2) is 12.2 Å². The van der Waals surface area contributed by atoms with E-state index >= 15 is 0 Å². The number of nitrogens with one attached hydrogen (secondary N) is 1. The Kier molecular flexibility index (Phi) is 7.43. The largest absolute Gasteiger partial charge is 2.00 e. The van der Waals surface area contributed by atoms with Crippen molar-refractivity contribution in [1.82, 2.24) is 5.32 Å². The van der Waals surface area contributed by atoms with Gasteiger partial charge in [-0.1, -0.05) is 6.08 Å². The van der Waals surface area contributed by atoms with Crippen LogP contribution in [0.25, 0.3) is 0 Å². The molecule has 0 atom stereocenters. The number of thioether (sulfide) groups is 1. The minimum absolute atomic E-state index is 0. The Morgan fingerprint density at radius 1 is 1.50 bits per heavy atom. The first-order valence-corrected chi connectivity index (χ1v) is 5.16. The van der Waals surface area contributed by atoms with Crippen LogP contribution >= 0.6 is 11.8 Å². The molecule has 0 unspecified atom stereocenters. The number of rotatable bonds is 1. The van der Waals surface area contributed by atoms with Gasteiger partial charge in [0.2, 0.25) is 0 Å². The van der Waals surface area contributed by atoms with Gasteiger partial charge in [0.25, 0.3) is 11.1 Å². The zero-order valence-electron chi connectivity index (χ0n) is 8.65. The van der Waals surface area contributed by atoms with Gasteiger partial charge in [0.05, 0.1) is 4.91 Å². The molecule has 1 fully saturated rings. The summed E-state index contributed by atoms with van der Waals surface area (Å²) in [5, 5.41) is 1.87. The third-order valence-electron chi connectivity index (χ3n) is 1.56. The molecular formula is C10H9BNO2SW. The first-order valence-electron chi connectivity index (χ1n) is 4.34. The Hall–Kier alpha value is -0.537. The van der Waals surface area contributed by atoms with Crippen LogP contribution in [0.4, 0.5) is 4.79 Å². The normalized spacial score (nSPS) is 19.4. The molecule has 1 N–H and O–H groups in total. The van der Waals surface area contributed by atoms with Gasteiger partial charge in [-0.2, -0.15) is 12.4 Å². The van der Waals surface area contributed by atoms with Crippen molar-refractivity contribution >= 4 is 30.2 Å². The molecule has 0 spiro atoms. The molecule has 2 rings (SSSR count). The van der Waals surface area contributed by atoms with Crippen molar-refractivity contribution in [2.24, 2.45) is 0 Å². The second kappa shape index (κ2) is 7.69. The molecule has 0 saturated carbocycles. The predicted octanol–water partition coefficient (Wildman–Crippen LogP) is 1.61. The molecule has 0 bridgehead atoms. The maximum atomic E-state index is 11.1. The van der Waals surface area contributed by atoms with E-state index in [-0.39, 0.29) is 32.2 Å². The van der Waals surface area contributed by atoms with Crippen molar-refractivity contribution in [3.8, 4) is 0 Å². The van der Waals surface area contributed by atoms with Crippen LogP contribution in [0.1, 0.15) is 6.92 Å². The molecule has 2 heterocycles. The van der Waals surface area contributed by atoms with Crippen molar-refractivity contribution in [2.45, 2.75) is 6.92 Å². The monoisotopic (exact) mass is 402 g/mol. The third kappa shape index (κ3) is 4.14. The first-order chi connectivity index (χ1) is 7.25. The number of hydrogen-bond acceptors (Lipinski definition) is 3. The maximum absolute atomic E-state index is 11.1. The van der Waals surface area contributed by atoms with Crippen molar-refractivity contribution < 1.29 is 30.7 Å². The minimum atomic E-state index is -0.323. The number of carbonyl (C=O) groups is 2. The Morgan fingerprint density at radius 3 is 2.62 bits per heavy atom. The molecule has 2 aliphatic rings. The SMILES string of the molecule is O=C1NC(=O)/C(=C/C2=CC=[C-][B]2)S1.[CH2-]C.[W+2]. The second-order valence-corrected chi connectivity index (χ2v) is 3.51. The zero-order valence-corrected chi connectivity index (χ0v) is 12.4. The number of amides is 2. The van der Waals surface area contributed by atoms with Gasteiger partial charge in [0.15, 0.2) is 0 Å². The van der Waals surface area contributed by atoms with Gasteiger partial charge in [-0.3, -0.25) is 14.9 Å². The standard InChI is InChI=1S/C8H4BNO2S.C2H5.W/c11-7-6(13-8(12)10-7)4-5-2-1-3-9-5;1-2;/h1-2,4H,(H,10,11,12);1H2,2H3;/q2*-1;+2/b6-4-;;. The Morgan fingerprint density at radius 2 is 2.19 bits per heavy atom. The molecule has 6 heteroatoms. The smallest absolute Gasteiger partial charge is 0.346 e. The third-order valence-corrected chi connectivity index (χ3v) is 2.37. The Balaban J connectivity index is 0.000000711. The van der Waals surface area contributed by atoms with E-state index in [4.69, 9.17) is 0 Å². The molecule has 1 saturated heterocycles. The summed E-state index contributed by atoms with van der Waals surface area (Å²) >= 11 is 0.920. The minimum Gasteiger partial charge on any atom is -0.346 e. The summed E-state index contributed by atoms with van der Waals surface area (Å²) < 4.78 is 0. The molecule has 16 heavy (non-hydrogen) atoms. The summed E-state index contributed by atoms with van der Waals surface area (Å²) in [7, 11) is 1.75. The predicted molar refractivity (Wildman–Crippen MR) is 61.9 cm³/mol. The molecule has 1 radical (unpaired) electrons. The first kappa shape index (κ1) is 15.5. The van der Waals surface area contributed by atoms with Crippen LogP contribution in [0, 0.1) is 12.9 Å². The van der Waals surface area contributed by atoms with Gasteiger partial charge in [-0.05, 0) is 11.8 Å². The average Bonchev–Trinajstić information content (AvgIpc) is 2.82. The zero-order chi connectivity index (χ0) is 11.3. The van der Waals surface area contributed by atoms with Gasteiger partial charge in [0.1, 0.15) is 0 Å². The number of allylic oxidation sites excluding steroid dienone is 4. The summed E-state index contributed by atoms with van der Waals surface area (Å²) in [6.07, 6.45) is 5.25.